The molecule has 0 saturated carbocycles. The Labute approximate surface area is 200 Å². The highest BCUT2D eigenvalue weighted by molar-refractivity contribution is 6.11. The first-order valence-electron chi connectivity index (χ1n) is 11.0. The van der Waals surface area contributed by atoms with Crippen LogP contribution >= 0.6 is 0 Å². The molecule has 1 aliphatic heterocycles. The lowest BCUT2D eigenvalue weighted by molar-refractivity contribution is -0.137. The van der Waals surface area contributed by atoms with Crippen molar-refractivity contribution in [3.63, 3.8) is 0 Å². The largest absolute Gasteiger partial charge is 0.417 e. The number of anilines is 1. The Morgan fingerprint density at radius 2 is 1.69 bits per heavy atom. The van der Waals surface area contributed by atoms with Gasteiger partial charge in [0.05, 0.1) is 17.3 Å². The minimum absolute atomic E-state index is 0.108. The van der Waals surface area contributed by atoms with Gasteiger partial charge in [-0.15, -0.1) is 0 Å². The van der Waals surface area contributed by atoms with Crippen molar-refractivity contribution >= 4 is 11.7 Å². The number of rotatable bonds is 4. The lowest BCUT2D eigenvalue weighted by Gasteiger charge is -2.15. The molecular weight excluding hydrogens is 454 g/mol. The minimum atomic E-state index is -4.58. The molecular formula is C28H19F4N3. The highest BCUT2D eigenvalue weighted by atomic mass is 19.4. The lowest BCUT2D eigenvalue weighted by atomic mass is 10.00. The molecule has 0 radical (unpaired) electrons. The van der Waals surface area contributed by atoms with E-state index in [1.807, 2.05) is 37.3 Å². The molecule has 174 valence electrons. The molecule has 1 aromatic heterocycles. The molecule has 0 fully saturated rings. The van der Waals surface area contributed by atoms with Gasteiger partial charge in [-0.05, 0) is 53.4 Å². The van der Waals surface area contributed by atoms with Crippen molar-refractivity contribution in [2.45, 2.75) is 25.6 Å². The molecule has 2 heterocycles. The second-order valence-electron chi connectivity index (χ2n) is 8.15. The molecule has 3 aromatic carbocycles. The Hall–Kier alpha value is -4.18. The maximum absolute atomic E-state index is 14.0. The van der Waals surface area contributed by atoms with E-state index in [0.29, 0.717) is 22.8 Å². The molecule has 1 N–H and O–H groups in total. The Morgan fingerprint density at radius 1 is 0.914 bits per heavy atom. The number of aromatic nitrogens is 1. The maximum atomic E-state index is 14.0. The summed E-state index contributed by atoms with van der Waals surface area (Å²) in [5.41, 5.74) is 2.15. The third-order valence-corrected chi connectivity index (χ3v) is 5.87. The van der Waals surface area contributed by atoms with E-state index in [1.165, 1.54) is 18.2 Å². The van der Waals surface area contributed by atoms with Gasteiger partial charge in [-0.25, -0.2) is 9.37 Å². The molecule has 1 aliphatic rings. The number of alkyl halides is 3. The van der Waals surface area contributed by atoms with E-state index in [4.69, 9.17) is 0 Å². The summed E-state index contributed by atoms with van der Waals surface area (Å²) < 4.78 is 55.2. The molecule has 1 atom stereocenters. The van der Waals surface area contributed by atoms with E-state index in [9.17, 15) is 17.6 Å². The van der Waals surface area contributed by atoms with E-state index in [0.717, 1.165) is 23.6 Å². The van der Waals surface area contributed by atoms with Crippen LogP contribution in [0, 0.1) is 17.9 Å². The summed E-state index contributed by atoms with van der Waals surface area (Å²) in [6.45, 7) is 1.98. The van der Waals surface area contributed by atoms with Crippen molar-refractivity contribution in [2.24, 2.45) is 4.99 Å². The summed E-state index contributed by atoms with van der Waals surface area (Å²) in [6.07, 6.45) is -3.86. The summed E-state index contributed by atoms with van der Waals surface area (Å²) in [6, 6.07) is 24.1. The van der Waals surface area contributed by atoms with Gasteiger partial charge in [0.15, 0.2) is 0 Å². The van der Waals surface area contributed by atoms with Crippen molar-refractivity contribution in [1.82, 2.24) is 4.98 Å². The van der Waals surface area contributed by atoms with Crippen LogP contribution in [0.3, 0.4) is 0 Å². The fourth-order valence-electron chi connectivity index (χ4n) is 4.21. The number of aliphatic imine (C=N–C) groups is 1. The third-order valence-electron chi connectivity index (χ3n) is 5.87. The topological polar surface area (TPSA) is 37.3 Å². The van der Waals surface area contributed by atoms with Gasteiger partial charge >= 0.3 is 6.18 Å². The summed E-state index contributed by atoms with van der Waals surface area (Å²) >= 11 is 0. The molecule has 7 heteroatoms. The fourth-order valence-corrected chi connectivity index (χ4v) is 4.21. The second-order valence-corrected chi connectivity index (χ2v) is 8.15. The van der Waals surface area contributed by atoms with E-state index in [2.05, 4.69) is 27.4 Å². The monoisotopic (exact) mass is 473 g/mol. The van der Waals surface area contributed by atoms with Gasteiger partial charge < -0.3 is 5.32 Å². The quantitative estimate of drug-likeness (QED) is 0.312. The van der Waals surface area contributed by atoms with Gasteiger partial charge in [-0.2, -0.15) is 13.2 Å². The molecule has 4 aromatic rings. The number of hydrogen-bond donors (Lipinski definition) is 1. The van der Waals surface area contributed by atoms with Crippen molar-refractivity contribution in [2.75, 3.05) is 5.32 Å². The number of nitrogens with one attached hydrogen (secondary N) is 1. The summed E-state index contributed by atoms with van der Waals surface area (Å²) in [5, 5.41) is 3.14. The number of amidine groups is 1. The van der Waals surface area contributed by atoms with Crippen LogP contribution in [0.1, 0.15) is 36.1 Å². The van der Waals surface area contributed by atoms with Crippen LogP contribution in [0.2, 0.25) is 0 Å². The van der Waals surface area contributed by atoms with Gasteiger partial charge in [0, 0.05) is 17.2 Å². The average Bonchev–Trinajstić information content (AvgIpc) is 3.20. The van der Waals surface area contributed by atoms with Crippen molar-refractivity contribution < 1.29 is 17.6 Å². The van der Waals surface area contributed by atoms with E-state index >= 15 is 0 Å². The summed E-state index contributed by atoms with van der Waals surface area (Å²) in [5.74, 6) is 0.333. The fraction of sp³-hybridized carbons (Fsp3) is 0.143. The van der Waals surface area contributed by atoms with Crippen LogP contribution in [-0.4, -0.2) is 10.8 Å². The molecule has 0 aliphatic carbocycles. The molecule has 0 saturated heterocycles. The molecule has 1 unspecified atom stereocenters. The third kappa shape index (κ3) is 4.47. The maximum Gasteiger partial charge on any atom is 0.417 e. The standard InChI is InChI=1S/C28H19F4N3/c1-2-24-20-13-12-19(29)16-22(20)27(34-24)35-26-15-18(17-8-4-3-5-9-17)14-25(33-26)21-10-6-7-11-23(21)28(30,31)32/h3-5,8-16,24H,2H2,1H3,(H,33,34,35). The second kappa shape index (κ2) is 8.88. The number of fused-ring (bicyclic) bond motifs is 1. The van der Waals surface area contributed by atoms with E-state index in [1.54, 1.807) is 18.2 Å². The molecule has 0 amide bonds. The zero-order valence-electron chi connectivity index (χ0n) is 18.6. The Kier molecular flexibility index (Phi) is 5.73. The molecule has 5 rings (SSSR count). The highest BCUT2D eigenvalue weighted by Crippen LogP contribution is 2.38. The van der Waals surface area contributed by atoms with E-state index < -0.39 is 17.6 Å². The molecule has 35 heavy (non-hydrogen) atoms. The van der Waals surface area contributed by atoms with Crippen molar-refractivity contribution in [1.29, 1.82) is 0 Å². The first-order chi connectivity index (χ1) is 16.8. The Morgan fingerprint density at radius 3 is 2.43 bits per heavy atom. The SMILES string of the molecule is CCC1N=C(Nc2cc(-c3ccccc3)cc(-c3cc#ccc3C(F)(F)F)n2)c2cc(F)ccc21. The predicted molar refractivity (Wildman–Crippen MR) is 127 cm³/mol. The number of hydrogen-bond acceptors (Lipinski definition) is 3. The Balaban J connectivity index is 1.64. The van der Waals surface area contributed by atoms with Gasteiger partial charge in [-0.1, -0.05) is 55.5 Å². The zero-order chi connectivity index (χ0) is 24.6. The van der Waals surface area contributed by atoms with Crippen LogP contribution in [0.25, 0.3) is 22.4 Å². The van der Waals surface area contributed by atoms with Crippen LogP contribution in [0.5, 0.6) is 0 Å². The van der Waals surface area contributed by atoms with E-state index in [-0.39, 0.29) is 17.3 Å². The predicted octanol–water partition coefficient (Wildman–Crippen LogP) is 7.50. The first kappa shape index (κ1) is 22.6. The number of benzene rings is 2. The molecule has 3 nitrogen and oxygen atoms in total. The molecule has 0 bridgehead atoms. The first-order valence-corrected chi connectivity index (χ1v) is 11.0. The van der Waals surface area contributed by atoms with Gasteiger partial charge in [0.1, 0.15) is 17.5 Å². The average molecular weight is 473 g/mol. The normalized spacial score (nSPS) is 14.8. The summed E-state index contributed by atoms with van der Waals surface area (Å²) in [4.78, 5) is 9.17. The zero-order valence-corrected chi connectivity index (χ0v) is 18.6. The molecule has 0 spiro atoms. The number of pyridine rings is 1. The van der Waals surface area contributed by atoms with Crippen LogP contribution in [-0.2, 0) is 6.18 Å². The number of halogens is 4. The summed E-state index contributed by atoms with van der Waals surface area (Å²) in [7, 11) is 0. The van der Waals surface area contributed by atoms with Crippen LogP contribution in [0.15, 0.2) is 77.8 Å². The van der Waals surface area contributed by atoms with Crippen molar-refractivity contribution in [3.05, 3.63) is 107 Å². The lowest BCUT2D eigenvalue weighted by Crippen LogP contribution is -2.14. The Bertz CT molecular complexity index is 1410. The highest BCUT2D eigenvalue weighted by Gasteiger charge is 2.34. The number of nitrogens with zero attached hydrogens (tertiary/aromatic N) is 2. The van der Waals surface area contributed by atoms with Gasteiger partial charge in [0.25, 0.3) is 0 Å². The van der Waals surface area contributed by atoms with Gasteiger partial charge in [-0.3, -0.25) is 4.99 Å². The minimum Gasteiger partial charge on any atom is -0.325 e. The smallest absolute Gasteiger partial charge is 0.325 e. The van der Waals surface area contributed by atoms with Crippen molar-refractivity contribution in [3.8, 4) is 22.4 Å². The van der Waals surface area contributed by atoms with Gasteiger partial charge in [0.2, 0.25) is 0 Å². The van der Waals surface area contributed by atoms with Crippen LogP contribution < -0.4 is 5.32 Å². The van der Waals surface area contributed by atoms with Crippen LogP contribution in [0.4, 0.5) is 23.4 Å².